The molecule has 5 rings (SSSR count). The SMILES string of the molecule is CC1(C)C2CCC1(C)C(OC(=O)C1CCCN1C(=O)C(CSC1=CCCS1)NC(=O)C(O)Cc1ccc(N=O)c(O)c1)C2. The average molecular weight is 632 g/mol. The largest absolute Gasteiger partial charge is 0.506 e. The molecule has 1 aromatic rings. The Kier molecular flexibility index (Phi) is 9.48. The summed E-state index contributed by atoms with van der Waals surface area (Å²) in [5, 5.41) is 26.0. The summed E-state index contributed by atoms with van der Waals surface area (Å²) in [6.07, 6.45) is 5.42. The van der Waals surface area contributed by atoms with Gasteiger partial charge in [-0.1, -0.05) is 32.9 Å². The second-order valence-electron chi connectivity index (χ2n) is 12.9. The van der Waals surface area contributed by atoms with Crippen LogP contribution in [0.2, 0.25) is 0 Å². The van der Waals surface area contributed by atoms with Crippen LogP contribution in [0.5, 0.6) is 5.75 Å². The van der Waals surface area contributed by atoms with Crippen LogP contribution in [0.4, 0.5) is 5.69 Å². The number of hydrogen-bond donors (Lipinski definition) is 3. The predicted octanol–water partition coefficient (Wildman–Crippen LogP) is 4.64. The first-order valence-corrected chi connectivity index (χ1v) is 17.0. The van der Waals surface area contributed by atoms with Gasteiger partial charge < -0.3 is 25.2 Å². The zero-order valence-electron chi connectivity index (χ0n) is 24.9. The molecule has 10 nitrogen and oxygen atoms in total. The van der Waals surface area contributed by atoms with Gasteiger partial charge in [0.2, 0.25) is 11.8 Å². The van der Waals surface area contributed by atoms with E-state index in [-0.39, 0.29) is 52.4 Å². The molecule has 2 aliphatic heterocycles. The van der Waals surface area contributed by atoms with Crippen LogP contribution in [0, 0.1) is 21.7 Å². The fraction of sp³-hybridized carbons (Fsp3) is 0.645. The molecule has 6 atom stereocenters. The number of nitroso groups, excluding NO2 is 1. The van der Waals surface area contributed by atoms with E-state index in [1.165, 1.54) is 30.0 Å². The maximum Gasteiger partial charge on any atom is 0.329 e. The minimum atomic E-state index is -1.50. The number of benzene rings is 1. The van der Waals surface area contributed by atoms with E-state index in [9.17, 15) is 29.5 Å². The van der Waals surface area contributed by atoms with Gasteiger partial charge in [0.1, 0.15) is 35.7 Å². The molecule has 1 aromatic carbocycles. The number of ether oxygens (including phenoxy) is 1. The fourth-order valence-corrected chi connectivity index (χ4v) is 9.45. The lowest BCUT2D eigenvalue weighted by Gasteiger charge is -2.39. The third-order valence-electron chi connectivity index (χ3n) is 10.3. The predicted molar refractivity (Wildman–Crippen MR) is 167 cm³/mol. The van der Waals surface area contributed by atoms with Crippen molar-refractivity contribution in [3.8, 4) is 5.75 Å². The van der Waals surface area contributed by atoms with E-state index in [1.54, 1.807) is 16.7 Å². The molecule has 0 aromatic heterocycles. The number of allylic oxidation sites excluding steroid dienone is 1. The second-order valence-corrected chi connectivity index (χ2v) is 15.3. The van der Waals surface area contributed by atoms with Gasteiger partial charge in [0, 0.05) is 34.1 Å². The molecule has 4 aliphatic rings. The van der Waals surface area contributed by atoms with Crippen molar-refractivity contribution < 1.29 is 29.3 Å². The number of nitrogens with one attached hydrogen (secondary N) is 1. The number of amides is 2. The normalized spacial score (nSPS) is 28.8. The van der Waals surface area contributed by atoms with Gasteiger partial charge in [0.05, 0.1) is 0 Å². The van der Waals surface area contributed by atoms with Gasteiger partial charge in [-0.2, -0.15) is 0 Å². The molecule has 2 bridgehead atoms. The van der Waals surface area contributed by atoms with Gasteiger partial charge in [0.15, 0.2) is 0 Å². The van der Waals surface area contributed by atoms with Gasteiger partial charge in [-0.15, -0.1) is 28.4 Å². The number of aliphatic hydroxyl groups is 1. The number of likely N-dealkylation sites (tertiary alicyclic amines) is 1. The molecular weight excluding hydrogens is 590 g/mol. The second kappa shape index (κ2) is 12.8. The van der Waals surface area contributed by atoms with Gasteiger partial charge >= 0.3 is 5.97 Å². The number of aromatic hydroxyl groups is 1. The highest BCUT2D eigenvalue weighted by atomic mass is 32.2. The summed E-state index contributed by atoms with van der Waals surface area (Å²) in [4.78, 5) is 52.9. The number of fused-ring (bicyclic) bond motifs is 2. The van der Waals surface area contributed by atoms with Gasteiger partial charge in [-0.05, 0) is 72.7 Å². The van der Waals surface area contributed by atoms with Crippen LogP contribution in [0.15, 0.2) is 33.7 Å². The van der Waals surface area contributed by atoms with Crippen molar-refractivity contribution in [1.29, 1.82) is 0 Å². The molecule has 12 heteroatoms. The van der Waals surface area contributed by atoms with Gasteiger partial charge in [-0.25, -0.2) is 4.79 Å². The van der Waals surface area contributed by atoms with E-state index in [4.69, 9.17) is 4.74 Å². The monoisotopic (exact) mass is 631 g/mol. The van der Waals surface area contributed by atoms with Crippen LogP contribution in [-0.4, -0.2) is 75.2 Å². The Morgan fingerprint density at radius 2 is 2.05 bits per heavy atom. The molecule has 3 fully saturated rings. The molecule has 0 spiro atoms. The molecule has 2 aliphatic carbocycles. The lowest BCUT2D eigenvalue weighted by Crippen LogP contribution is -2.55. The maximum atomic E-state index is 13.9. The van der Waals surface area contributed by atoms with Crippen LogP contribution in [-0.2, 0) is 25.5 Å². The summed E-state index contributed by atoms with van der Waals surface area (Å²) < 4.78 is 7.24. The zero-order chi connectivity index (χ0) is 30.9. The lowest BCUT2D eigenvalue weighted by molar-refractivity contribution is -0.165. The highest BCUT2D eigenvalue weighted by molar-refractivity contribution is 8.22. The molecule has 234 valence electrons. The minimum absolute atomic E-state index is 0.0857. The summed E-state index contributed by atoms with van der Waals surface area (Å²) in [7, 11) is 0. The topological polar surface area (TPSA) is 146 Å². The Morgan fingerprint density at radius 3 is 2.67 bits per heavy atom. The Labute approximate surface area is 260 Å². The van der Waals surface area contributed by atoms with Crippen molar-refractivity contribution in [3.63, 3.8) is 0 Å². The van der Waals surface area contributed by atoms with Crippen LogP contribution in [0.3, 0.4) is 0 Å². The summed E-state index contributed by atoms with van der Waals surface area (Å²) in [5.41, 5.74) is 0.298. The van der Waals surface area contributed by atoms with Crippen molar-refractivity contribution in [1.82, 2.24) is 10.2 Å². The highest BCUT2D eigenvalue weighted by Crippen LogP contribution is 2.66. The molecule has 1 saturated heterocycles. The number of esters is 1. The molecule has 2 amide bonds. The van der Waals surface area contributed by atoms with Crippen LogP contribution in [0.1, 0.15) is 64.9 Å². The van der Waals surface area contributed by atoms with Crippen molar-refractivity contribution in [3.05, 3.63) is 39.0 Å². The van der Waals surface area contributed by atoms with E-state index >= 15 is 0 Å². The summed E-state index contributed by atoms with van der Waals surface area (Å²) in [6, 6.07) is 2.40. The standard InChI is InChI=1S/C31H41N3O7S2/c1-30(2)19-10-11-31(30,3)25(16-19)41-29(39)22-6-4-12-34(22)28(38)21(17-43-26-7-5-13-42-26)32-27(37)24(36)15-18-8-9-20(33-40)23(35)14-18/h7-9,14,19,21-22,24-25,35-36H,4-6,10-13,15-17H2,1-3H3,(H,32,37). The Morgan fingerprint density at radius 1 is 1.26 bits per heavy atom. The molecule has 43 heavy (non-hydrogen) atoms. The number of carbonyl (C=O) groups excluding carboxylic acids is 3. The number of aliphatic hydroxyl groups excluding tert-OH is 1. The van der Waals surface area contributed by atoms with Crippen molar-refractivity contribution in [2.24, 2.45) is 21.9 Å². The summed E-state index contributed by atoms with van der Waals surface area (Å²) in [6.45, 7) is 7.14. The van der Waals surface area contributed by atoms with Crippen molar-refractivity contribution in [2.75, 3.05) is 18.1 Å². The summed E-state index contributed by atoms with van der Waals surface area (Å²) >= 11 is 3.17. The lowest BCUT2D eigenvalue weighted by atomic mass is 9.70. The first-order valence-electron chi connectivity index (χ1n) is 15.0. The number of hydrogen-bond acceptors (Lipinski definition) is 10. The van der Waals surface area contributed by atoms with Crippen LogP contribution in [0.25, 0.3) is 0 Å². The van der Waals surface area contributed by atoms with E-state index in [2.05, 4.69) is 37.3 Å². The fourth-order valence-electron chi connectivity index (χ4n) is 7.20. The average Bonchev–Trinajstić information content (AvgIpc) is 3.75. The molecule has 6 unspecified atom stereocenters. The van der Waals surface area contributed by atoms with Crippen molar-refractivity contribution >= 4 is 47.0 Å². The van der Waals surface area contributed by atoms with E-state index in [0.29, 0.717) is 30.9 Å². The quantitative estimate of drug-likeness (QED) is 0.235. The highest BCUT2D eigenvalue weighted by Gasteiger charge is 2.63. The van der Waals surface area contributed by atoms with Gasteiger partial charge in [0.25, 0.3) is 0 Å². The summed E-state index contributed by atoms with van der Waals surface area (Å²) in [5.74, 6) is -0.0806. The Bertz CT molecular complexity index is 1300. The molecular formula is C31H41N3O7S2. The number of phenols is 1. The van der Waals surface area contributed by atoms with Crippen LogP contribution < -0.4 is 5.32 Å². The molecule has 3 N–H and O–H groups in total. The molecule has 2 heterocycles. The third-order valence-corrected chi connectivity index (χ3v) is 12.9. The van der Waals surface area contributed by atoms with Crippen LogP contribution >= 0.6 is 23.5 Å². The maximum absolute atomic E-state index is 13.9. The molecule has 2 saturated carbocycles. The first-order chi connectivity index (χ1) is 20.4. The first kappa shape index (κ1) is 31.8. The number of nitrogens with zero attached hydrogens (tertiary/aromatic N) is 2. The number of carbonyl (C=O) groups is 3. The Balaban J connectivity index is 1.26. The number of phenolic OH excluding ortho intramolecular Hbond substituents is 1. The zero-order valence-corrected chi connectivity index (χ0v) is 26.5. The third kappa shape index (κ3) is 6.33. The molecule has 0 radical (unpaired) electrons. The Hall–Kier alpha value is -2.57. The van der Waals surface area contributed by atoms with Crippen molar-refractivity contribution in [2.45, 2.75) is 90.0 Å². The van der Waals surface area contributed by atoms with E-state index in [1.807, 2.05) is 0 Å². The number of rotatable bonds is 11. The number of thioether (sulfide) groups is 2. The van der Waals surface area contributed by atoms with E-state index in [0.717, 1.165) is 35.7 Å². The van der Waals surface area contributed by atoms with E-state index < -0.39 is 24.1 Å². The minimum Gasteiger partial charge on any atom is -0.506 e. The smallest absolute Gasteiger partial charge is 0.329 e. The van der Waals surface area contributed by atoms with Gasteiger partial charge in [-0.3, -0.25) is 9.59 Å².